The highest BCUT2D eigenvalue weighted by atomic mass is 32.2. The minimum Gasteiger partial charge on any atom is -0.478 e. The molecule has 0 aliphatic carbocycles. The second-order valence-electron chi connectivity index (χ2n) is 13.3. The van der Waals surface area contributed by atoms with E-state index in [1.165, 1.54) is 11.8 Å². The number of carbonyl (C=O) groups is 3. The highest BCUT2D eigenvalue weighted by molar-refractivity contribution is 8.13. The molecule has 2 N–H and O–H groups in total. The SMILES string of the molecule is CCCc1nc2c(C)cc(C(=O)NC(CSC(=O)C(C)(C)C)Cc3ccccc3)cc2n1Cc1ccc(-c2ccccc2C(=O)O)cc1. The van der Waals surface area contributed by atoms with Crippen LogP contribution in [0.5, 0.6) is 0 Å². The van der Waals surface area contributed by atoms with Crippen LogP contribution in [0.4, 0.5) is 0 Å². The lowest BCUT2D eigenvalue weighted by Gasteiger charge is -2.21. The highest BCUT2D eigenvalue weighted by Gasteiger charge is 2.25. The first-order valence-electron chi connectivity index (χ1n) is 16.4. The van der Waals surface area contributed by atoms with Crippen molar-refractivity contribution in [3.05, 3.63) is 125 Å². The van der Waals surface area contributed by atoms with E-state index in [2.05, 4.69) is 16.8 Å². The first kappa shape index (κ1) is 34.6. The minimum atomic E-state index is -0.956. The van der Waals surface area contributed by atoms with Crippen LogP contribution in [0.25, 0.3) is 22.2 Å². The van der Waals surface area contributed by atoms with Crippen molar-refractivity contribution in [3.8, 4) is 11.1 Å². The molecule has 248 valence electrons. The summed E-state index contributed by atoms with van der Waals surface area (Å²) in [6.45, 7) is 10.4. The fraction of sp³-hybridized carbons (Fsp3) is 0.300. The van der Waals surface area contributed by atoms with Gasteiger partial charge in [0.15, 0.2) is 5.12 Å². The summed E-state index contributed by atoms with van der Waals surface area (Å²) < 4.78 is 2.18. The molecular weight excluding hydrogens is 619 g/mol. The molecule has 0 bridgehead atoms. The Hall–Kier alpha value is -4.69. The van der Waals surface area contributed by atoms with Gasteiger partial charge in [-0.05, 0) is 65.8 Å². The number of aromatic nitrogens is 2. The molecule has 5 aromatic rings. The monoisotopic (exact) mass is 661 g/mol. The quantitative estimate of drug-likeness (QED) is 0.139. The predicted molar refractivity (Wildman–Crippen MR) is 195 cm³/mol. The summed E-state index contributed by atoms with van der Waals surface area (Å²) in [4.78, 5) is 43.4. The lowest BCUT2D eigenvalue weighted by atomic mass is 9.98. The van der Waals surface area contributed by atoms with Gasteiger partial charge in [-0.15, -0.1) is 0 Å². The van der Waals surface area contributed by atoms with Gasteiger partial charge in [0.05, 0.1) is 16.6 Å². The Morgan fingerprint density at radius 2 is 1.60 bits per heavy atom. The molecule has 4 aromatic carbocycles. The van der Waals surface area contributed by atoms with E-state index in [9.17, 15) is 19.5 Å². The Bertz CT molecular complexity index is 1920. The standard InChI is InChI=1S/C40H43N3O4S/c1-6-12-35-42-36-26(2)21-30(37(44)41-31(22-27-13-8-7-9-14-27)25-48-39(47)40(3,4)5)23-34(36)43(35)24-28-17-19-29(20-18-28)32-15-10-11-16-33(32)38(45)46/h7-11,13-21,23,31H,6,12,22,24-25H2,1-5H3,(H,41,44)(H,45,46). The van der Waals surface area contributed by atoms with Gasteiger partial charge >= 0.3 is 5.97 Å². The molecule has 1 amide bonds. The summed E-state index contributed by atoms with van der Waals surface area (Å²) in [7, 11) is 0. The maximum Gasteiger partial charge on any atom is 0.336 e. The summed E-state index contributed by atoms with van der Waals surface area (Å²) in [6.07, 6.45) is 2.33. The summed E-state index contributed by atoms with van der Waals surface area (Å²) in [5.74, 6) is 0.287. The molecule has 0 radical (unpaired) electrons. The highest BCUT2D eigenvalue weighted by Crippen LogP contribution is 2.28. The average molecular weight is 662 g/mol. The van der Waals surface area contributed by atoms with Crippen molar-refractivity contribution in [1.82, 2.24) is 14.9 Å². The number of aromatic carboxylic acids is 1. The van der Waals surface area contributed by atoms with Crippen LogP contribution in [-0.2, 0) is 24.2 Å². The Kier molecular flexibility index (Phi) is 10.8. The van der Waals surface area contributed by atoms with E-state index in [1.54, 1.807) is 12.1 Å². The number of hydrogen-bond donors (Lipinski definition) is 2. The van der Waals surface area contributed by atoms with Gasteiger partial charge in [-0.1, -0.05) is 112 Å². The minimum absolute atomic E-state index is 0.0959. The van der Waals surface area contributed by atoms with Crippen molar-refractivity contribution < 1.29 is 19.5 Å². The van der Waals surface area contributed by atoms with Gasteiger partial charge in [0.25, 0.3) is 5.91 Å². The van der Waals surface area contributed by atoms with Crippen LogP contribution in [0.2, 0.25) is 0 Å². The smallest absolute Gasteiger partial charge is 0.336 e. The molecule has 1 aromatic heterocycles. The topological polar surface area (TPSA) is 101 Å². The Morgan fingerprint density at radius 3 is 2.27 bits per heavy atom. The number of carboxylic acids is 1. The van der Waals surface area contributed by atoms with Gasteiger partial charge in [0.2, 0.25) is 0 Å². The second kappa shape index (κ2) is 15.0. The van der Waals surface area contributed by atoms with E-state index in [0.29, 0.717) is 29.8 Å². The van der Waals surface area contributed by atoms with E-state index in [0.717, 1.165) is 52.0 Å². The van der Waals surface area contributed by atoms with Gasteiger partial charge in [0, 0.05) is 35.7 Å². The van der Waals surface area contributed by atoms with Gasteiger partial charge in [-0.3, -0.25) is 9.59 Å². The largest absolute Gasteiger partial charge is 0.478 e. The lowest BCUT2D eigenvalue weighted by molar-refractivity contribution is -0.117. The maximum atomic E-state index is 13.9. The number of hydrogen-bond acceptors (Lipinski definition) is 5. The lowest BCUT2D eigenvalue weighted by Crippen LogP contribution is -2.39. The summed E-state index contributed by atoms with van der Waals surface area (Å²) in [5.41, 5.74) is 6.68. The maximum absolute atomic E-state index is 13.9. The molecule has 0 spiro atoms. The predicted octanol–water partition coefficient (Wildman–Crippen LogP) is 8.36. The van der Waals surface area contributed by atoms with Crippen molar-refractivity contribution in [2.75, 3.05) is 5.75 Å². The number of amides is 1. The molecular formula is C40H43N3O4S. The third-order valence-corrected chi connectivity index (χ3v) is 9.75. The third kappa shape index (κ3) is 8.23. The van der Waals surface area contributed by atoms with Crippen LogP contribution < -0.4 is 5.32 Å². The van der Waals surface area contributed by atoms with Crippen LogP contribution in [-0.4, -0.2) is 43.4 Å². The van der Waals surface area contributed by atoms with Crippen LogP contribution in [0.3, 0.4) is 0 Å². The number of rotatable bonds is 12. The molecule has 0 aliphatic rings. The number of nitrogens with one attached hydrogen (secondary N) is 1. The van der Waals surface area contributed by atoms with Gasteiger partial charge in [-0.25, -0.2) is 9.78 Å². The normalized spacial score (nSPS) is 12.2. The van der Waals surface area contributed by atoms with E-state index in [1.807, 2.05) is 107 Å². The van der Waals surface area contributed by atoms with E-state index in [4.69, 9.17) is 4.98 Å². The first-order chi connectivity index (χ1) is 22.9. The average Bonchev–Trinajstić information content (AvgIpc) is 3.41. The van der Waals surface area contributed by atoms with E-state index < -0.39 is 11.4 Å². The number of thioether (sulfide) groups is 1. The molecule has 1 unspecified atom stereocenters. The van der Waals surface area contributed by atoms with E-state index in [-0.39, 0.29) is 22.6 Å². The molecule has 0 saturated carbocycles. The van der Waals surface area contributed by atoms with Crippen LogP contribution in [0.1, 0.15) is 77.3 Å². The zero-order chi connectivity index (χ0) is 34.4. The molecule has 0 saturated heterocycles. The summed E-state index contributed by atoms with van der Waals surface area (Å²) in [6, 6.07) is 28.5. The van der Waals surface area contributed by atoms with Gasteiger partial charge in [0.1, 0.15) is 5.82 Å². The number of carboxylic acid groups (broad SMARTS) is 1. The summed E-state index contributed by atoms with van der Waals surface area (Å²) in [5, 5.41) is 13.0. The number of nitrogens with zero attached hydrogens (tertiary/aromatic N) is 2. The van der Waals surface area contributed by atoms with Crippen molar-refractivity contribution in [1.29, 1.82) is 0 Å². The zero-order valence-electron chi connectivity index (χ0n) is 28.2. The molecule has 5 rings (SSSR count). The van der Waals surface area contributed by atoms with Crippen molar-refractivity contribution in [2.24, 2.45) is 5.41 Å². The van der Waals surface area contributed by atoms with Crippen molar-refractivity contribution >= 4 is 39.8 Å². The summed E-state index contributed by atoms with van der Waals surface area (Å²) >= 11 is 1.27. The van der Waals surface area contributed by atoms with Crippen LogP contribution in [0, 0.1) is 12.3 Å². The third-order valence-electron chi connectivity index (χ3n) is 8.31. The molecule has 8 heteroatoms. The molecule has 1 atom stereocenters. The number of benzene rings is 4. The van der Waals surface area contributed by atoms with Gasteiger partial charge in [-0.2, -0.15) is 0 Å². The Morgan fingerprint density at radius 1 is 0.917 bits per heavy atom. The number of imidazole rings is 1. The van der Waals surface area contributed by atoms with E-state index >= 15 is 0 Å². The number of aryl methyl sites for hydroxylation is 2. The molecule has 48 heavy (non-hydrogen) atoms. The molecule has 1 heterocycles. The molecule has 7 nitrogen and oxygen atoms in total. The number of fused-ring (bicyclic) bond motifs is 1. The second-order valence-corrected chi connectivity index (χ2v) is 14.3. The van der Waals surface area contributed by atoms with Gasteiger partial charge < -0.3 is 15.0 Å². The number of carbonyl (C=O) groups excluding carboxylic acids is 2. The Balaban J connectivity index is 1.43. The van der Waals surface area contributed by atoms with Crippen molar-refractivity contribution in [2.45, 2.75) is 66.5 Å². The fourth-order valence-electron chi connectivity index (χ4n) is 5.77. The van der Waals surface area contributed by atoms with Crippen LogP contribution in [0.15, 0.2) is 91.0 Å². The molecule has 0 aliphatic heterocycles. The fourth-order valence-corrected chi connectivity index (χ4v) is 6.75. The first-order valence-corrected chi connectivity index (χ1v) is 17.4. The Labute approximate surface area is 286 Å². The molecule has 0 fully saturated rings. The zero-order valence-corrected chi connectivity index (χ0v) is 29.1. The van der Waals surface area contributed by atoms with Crippen molar-refractivity contribution in [3.63, 3.8) is 0 Å². The van der Waals surface area contributed by atoms with Crippen LogP contribution >= 0.6 is 11.8 Å².